The molecule has 0 atom stereocenters. The Morgan fingerprint density at radius 1 is 1.43 bits per heavy atom. The number of hydrogen-bond donors (Lipinski definition) is 0. The van der Waals surface area contributed by atoms with Gasteiger partial charge < -0.3 is 4.42 Å². The molecule has 0 spiro atoms. The molecule has 4 nitrogen and oxygen atoms in total. The second-order valence-electron chi connectivity index (χ2n) is 2.54. The van der Waals surface area contributed by atoms with Gasteiger partial charge in [-0.2, -0.15) is 0 Å². The van der Waals surface area contributed by atoms with Gasteiger partial charge in [0.25, 0.3) is 5.22 Å². The predicted molar refractivity (Wildman–Crippen MR) is 52.4 cm³/mol. The van der Waals surface area contributed by atoms with Gasteiger partial charge in [0.1, 0.15) is 22.8 Å². The van der Waals surface area contributed by atoms with Crippen molar-refractivity contribution in [2.75, 3.05) is 0 Å². The van der Waals surface area contributed by atoms with E-state index in [0.29, 0.717) is 15.4 Å². The van der Waals surface area contributed by atoms with E-state index in [2.05, 4.69) is 15.0 Å². The molecule has 0 saturated carbocycles. The average Bonchev–Trinajstić information content (AvgIpc) is 2.51. The summed E-state index contributed by atoms with van der Waals surface area (Å²) in [6.45, 7) is 1.86. The Morgan fingerprint density at radius 2 is 2.29 bits per heavy atom. The first kappa shape index (κ1) is 9.48. The van der Waals surface area contributed by atoms with Crippen molar-refractivity contribution < 1.29 is 4.42 Å². The molecule has 0 aliphatic heterocycles. The van der Waals surface area contributed by atoms with Gasteiger partial charge in [-0.15, -0.1) is 0 Å². The van der Waals surface area contributed by atoms with Gasteiger partial charge in [-0.25, -0.2) is 15.0 Å². The van der Waals surface area contributed by atoms with Crippen molar-refractivity contribution >= 4 is 23.4 Å². The van der Waals surface area contributed by atoms with Crippen LogP contribution in [0.4, 0.5) is 0 Å². The van der Waals surface area contributed by atoms with Crippen LogP contribution in [-0.2, 0) is 0 Å². The zero-order valence-electron chi connectivity index (χ0n) is 7.27. The number of oxazole rings is 1. The van der Waals surface area contributed by atoms with Gasteiger partial charge in [-0.05, 0) is 18.7 Å². The molecule has 0 aliphatic rings. The number of aryl methyl sites for hydroxylation is 1. The van der Waals surface area contributed by atoms with Crippen molar-refractivity contribution in [2.24, 2.45) is 0 Å². The van der Waals surface area contributed by atoms with Gasteiger partial charge in [-0.3, -0.25) is 0 Å². The van der Waals surface area contributed by atoms with E-state index in [1.807, 2.05) is 6.92 Å². The maximum absolute atomic E-state index is 5.70. The second-order valence-corrected chi connectivity index (χ2v) is 3.89. The summed E-state index contributed by atoms with van der Waals surface area (Å²) in [5, 5.41) is 1.68. The van der Waals surface area contributed by atoms with Crippen LogP contribution in [0.2, 0.25) is 5.15 Å². The minimum Gasteiger partial charge on any atom is -0.439 e. The second kappa shape index (κ2) is 3.98. The minimum absolute atomic E-state index is 0.408. The summed E-state index contributed by atoms with van der Waals surface area (Å²) in [7, 11) is 0. The Balaban J connectivity index is 2.18. The van der Waals surface area contributed by atoms with Gasteiger partial charge in [0.05, 0.1) is 5.69 Å². The van der Waals surface area contributed by atoms with Gasteiger partial charge in [0.15, 0.2) is 0 Å². The Labute approximate surface area is 89.7 Å². The highest BCUT2D eigenvalue weighted by molar-refractivity contribution is 7.99. The largest absolute Gasteiger partial charge is 0.439 e. The lowest BCUT2D eigenvalue weighted by atomic mass is 10.6. The van der Waals surface area contributed by atoms with Gasteiger partial charge in [0, 0.05) is 6.07 Å². The van der Waals surface area contributed by atoms with E-state index < -0.39 is 0 Å². The molecule has 6 heteroatoms. The third-order valence-corrected chi connectivity index (χ3v) is 2.40. The van der Waals surface area contributed by atoms with Crippen LogP contribution in [-0.4, -0.2) is 15.0 Å². The Kier molecular flexibility index (Phi) is 2.69. The third-order valence-electron chi connectivity index (χ3n) is 1.40. The quantitative estimate of drug-likeness (QED) is 0.738. The topological polar surface area (TPSA) is 51.8 Å². The number of rotatable bonds is 2. The van der Waals surface area contributed by atoms with Crippen molar-refractivity contribution in [1.82, 2.24) is 15.0 Å². The smallest absolute Gasteiger partial charge is 0.262 e. The molecule has 0 bridgehead atoms. The van der Waals surface area contributed by atoms with Crippen LogP contribution in [0.3, 0.4) is 0 Å². The molecule has 14 heavy (non-hydrogen) atoms. The van der Waals surface area contributed by atoms with Crippen molar-refractivity contribution in [3.8, 4) is 0 Å². The highest BCUT2D eigenvalue weighted by Crippen LogP contribution is 2.25. The SMILES string of the molecule is Cc1coc(Sc2cc(Cl)ncn2)n1. The number of halogens is 1. The Hall–Kier alpha value is -1.07. The highest BCUT2D eigenvalue weighted by atomic mass is 35.5. The molecular formula is C8H6ClN3OS. The summed E-state index contributed by atoms with van der Waals surface area (Å²) >= 11 is 7.01. The van der Waals surface area contributed by atoms with E-state index in [4.69, 9.17) is 16.0 Å². The van der Waals surface area contributed by atoms with Gasteiger partial charge in [-0.1, -0.05) is 11.6 Å². The molecule has 2 aromatic rings. The van der Waals surface area contributed by atoms with Crippen LogP contribution in [0, 0.1) is 6.92 Å². The Morgan fingerprint density at radius 3 is 2.93 bits per heavy atom. The lowest BCUT2D eigenvalue weighted by Gasteiger charge is -1.94. The van der Waals surface area contributed by atoms with Crippen LogP contribution >= 0.6 is 23.4 Å². The molecule has 0 amide bonds. The molecule has 0 unspecified atom stereocenters. The fourth-order valence-electron chi connectivity index (χ4n) is 0.842. The molecule has 2 aromatic heterocycles. The first-order valence-corrected chi connectivity index (χ1v) is 5.01. The summed E-state index contributed by atoms with van der Waals surface area (Å²) in [6, 6.07) is 1.66. The number of hydrogen-bond acceptors (Lipinski definition) is 5. The van der Waals surface area contributed by atoms with E-state index in [-0.39, 0.29) is 0 Å². The summed E-state index contributed by atoms with van der Waals surface area (Å²) < 4.78 is 5.16. The lowest BCUT2D eigenvalue weighted by Crippen LogP contribution is -1.82. The summed E-state index contributed by atoms with van der Waals surface area (Å²) in [5.74, 6) is 0. The summed E-state index contributed by atoms with van der Waals surface area (Å²) in [6.07, 6.45) is 2.99. The predicted octanol–water partition coefficient (Wildman–Crippen LogP) is 2.58. The van der Waals surface area contributed by atoms with Crippen LogP contribution in [0.5, 0.6) is 0 Å². The standard InChI is InChI=1S/C8H6ClN3OS/c1-5-3-13-8(12-5)14-7-2-6(9)10-4-11-7/h2-4H,1H3. The van der Waals surface area contributed by atoms with Crippen LogP contribution in [0.1, 0.15) is 5.69 Å². The van der Waals surface area contributed by atoms with Crippen molar-refractivity contribution in [3.05, 3.63) is 29.5 Å². The van der Waals surface area contributed by atoms with E-state index in [0.717, 1.165) is 5.69 Å². The van der Waals surface area contributed by atoms with Crippen LogP contribution in [0.25, 0.3) is 0 Å². The maximum atomic E-state index is 5.70. The molecule has 0 aliphatic carbocycles. The van der Waals surface area contributed by atoms with Gasteiger partial charge in [0.2, 0.25) is 0 Å². The fraction of sp³-hybridized carbons (Fsp3) is 0.125. The summed E-state index contributed by atoms with van der Waals surface area (Å²) in [4.78, 5) is 11.9. The van der Waals surface area contributed by atoms with E-state index in [9.17, 15) is 0 Å². The van der Waals surface area contributed by atoms with Gasteiger partial charge >= 0.3 is 0 Å². The van der Waals surface area contributed by atoms with Crippen molar-refractivity contribution in [3.63, 3.8) is 0 Å². The normalized spacial score (nSPS) is 10.4. The zero-order chi connectivity index (χ0) is 9.97. The third kappa shape index (κ3) is 2.24. The summed E-state index contributed by atoms with van der Waals surface area (Å²) in [5.41, 5.74) is 0.840. The molecule has 0 saturated heterocycles. The first-order valence-electron chi connectivity index (χ1n) is 3.81. The van der Waals surface area contributed by atoms with Crippen molar-refractivity contribution in [1.29, 1.82) is 0 Å². The van der Waals surface area contributed by atoms with Crippen LogP contribution in [0.15, 0.2) is 33.3 Å². The maximum Gasteiger partial charge on any atom is 0.262 e. The molecule has 0 radical (unpaired) electrons. The van der Waals surface area contributed by atoms with Crippen LogP contribution < -0.4 is 0 Å². The molecule has 0 aromatic carbocycles. The molecule has 72 valence electrons. The number of nitrogens with zero attached hydrogens (tertiary/aromatic N) is 3. The van der Waals surface area contributed by atoms with E-state index in [1.165, 1.54) is 18.1 Å². The van der Waals surface area contributed by atoms with E-state index in [1.54, 1.807) is 12.3 Å². The minimum atomic E-state index is 0.408. The molecule has 0 fully saturated rings. The average molecular weight is 228 g/mol. The lowest BCUT2D eigenvalue weighted by molar-refractivity contribution is 0.454. The van der Waals surface area contributed by atoms with Crippen molar-refractivity contribution in [2.45, 2.75) is 17.2 Å². The molecule has 2 heterocycles. The monoisotopic (exact) mass is 227 g/mol. The Bertz CT molecular complexity index is 446. The first-order chi connectivity index (χ1) is 6.74. The zero-order valence-corrected chi connectivity index (χ0v) is 8.84. The van der Waals surface area contributed by atoms with E-state index >= 15 is 0 Å². The number of aromatic nitrogens is 3. The molecule has 0 N–H and O–H groups in total. The highest BCUT2D eigenvalue weighted by Gasteiger charge is 2.05. The molecular weight excluding hydrogens is 222 g/mol. The fourth-order valence-corrected chi connectivity index (χ4v) is 1.79. The molecule has 2 rings (SSSR count).